The zero-order valence-electron chi connectivity index (χ0n) is 12.3. The summed E-state index contributed by atoms with van der Waals surface area (Å²) < 4.78 is 37.5. The predicted molar refractivity (Wildman–Crippen MR) is 74.2 cm³/mol. The van der Waals surface area contributed by atoms with Gasteiger partial charge in [-0.3, -0.25) is 9.69 Å². The topological polar surface area (TPSA) is 40.5 Å². The van der Waals surface area contributed by atoms with Crippen molar-refractivity contribution in [2.24, 2.45) is 0 Å². The summed E-state index contributed by atoms with van der Waals surface area (Å²) >= 11 is 0. The number of alkyl halides is 3. The van der Waals surface area contributed by atoms with Crippen LogP contribution < -0.4 is 0 Å². The molecule has 3 nitrogen and oxygen atoms in total. The highest BCUT2D eigenvalue weighted by molar-refractivity contribution is 5.69. The van der Waals surface area contributed by atoms with Gasteiger partial charge < -0.3 is 5.11 Å². The molecule has 0 aromatic heterocycles. The summed E-state index contributed by atoms with van der Waals surface area (Å²) in [7, 11) is 0. The highest BCUT2D eigenvalue weighted by Gasteiger charge is 2.30. The van der Waals surface area contributed by atoms with Crippen LogP contribution in [0.3, 0.4) is 0 Å². The lowest BCUT2D eigenvalue weighted by Gasteiger charge is -2.28. The fraction of sp³-hybridized carbons (Fsp3) is 0.533. The summed E-state index contributed by atoms with van der Waals surface area (Å²) in [4.78, 5) is 12.6. The van der Waals surface area contributed by atoms with E-state index in [1.54, 1.807) is 4.90 Å². The zero-order chi connectivity index (χ0) is 16.2. The second-order valence-corrected chi connectivity index (χ2v) is 5.44. The normalized spacial score (nSPS) is 13.7. The summed E-state index contributed by atoms with van der Waals surface area (Å²) in [6, 6.07) is 5.07. The smallest absolute Gasteiger partial charge is 0.416 e. The number of carboxylic acid groups (broad SMARTS) is 1. The fourth-order valence-electron chi connectivity index (χ4n) is 2.09. The van der Waals surface area contributed by atoms with Gasteiger partial charge in [0.25, 0.3) is 0 Å². The summed E-state index contributed by atoms with van der Waals surface area (Å²) in [5.74, 6) is -0.961. The van der Waals surface area contributed by atoms with Crippen molar-refractivity contribution < 1.29 is 23.1 Å². The molecule has 1 atom stereocenters. The van der Waals surface area contributed by atoms with Gasteiger partial charge >= 0.3 is 12.1 Å². The standard InChI is InChI=1S/C15H20F3NO2/c1-10(2)19(9-14(20)21)8-11(3)12-4-6-13(7-5-12)15(16,17)18/h4-7,10-11H,8-9H2,1-3H3,(H,20,21). The van der Waals surface area contributed by atoms with Crippen LogP contribution in [0.5, 0.6) is 0 Å². The van der Waals surface area contributed by atoms with Crippen molar-refractivity contribution in [3.8, 4) is 0 Å². The lowest BCUT2D eigenvalue weighted by Crippen LogP contribution is -2.38. The second kappa shape index (κ2) is 6.93. The number of rotatable bonds is 6. The quantitative estimate of drug-likeness (QED) is 0.873. The molecule has 0 aliphatic carbocycles. The Morgan fingerprint density at radius 2 is 1.71 bits per heavy atom. The first kappa shape index (κ1) is 17.5. The molecule has 1 unspecified atom stereocenters. The van der Waals surface area contributed by atoms with Gasteiger partial charge in [-0.05, 0) is 37.5 Å². The van der Waals surface area contributed by atoms with Crippen molar-refractivity contribution in [3.05, 3.63) is 35.4 Å². The van der Waals surface area contributed by atoms with Crippen LogP contribution in [0.25, 0.3) is 0 Å². The Balaban J connectivity index is 2.78. The highest BCUT2D eigenvalue weighted by atomic mass is 19.4. The minimum atomic E-state index is -4.34. The van der Waals surface area contributed by atoms with E-state index in [2.05, 4.69) is 0 Å². The van der Waals surface area contributed by atoms with Crippen molar-refractivity contribution in [2.45, 2.75) is 38.9 Å². The van der Waals surface area contributed by atoms with Crippen LogP contribution in [-0.4, -0.2) is 35.1 Å². The Hall–Kier alpha value is -1.56. The van der Waals surface area contributed by atoms with Crippen LogP contribution in [0.4, 0.5) is 13.2 Å². The number of carbonyl (C=O) groups is 1. The van der Waals surface area contributed by atoms with Crippen molar-refractivity contribution in [3.63, 3.8) is 0 Å². The van der Waals surface area contributed by atoms with Gasteiger partial charge in [-0.2, -0.15) is 13.2 Å². The molecule has 1 N–H and O–H groups in total. The average Bonchev–Trinajstić information content (AvgIpc) is 2.36. The lowest BCUT2D eigenvalue weighted by atomic mass is 9.98. The number of halogens is 3. The molecule has 0 radical (unpaired) electrons. The minimum Gasteiger partial charge on any atom is -0.480 e. The molecule has 0 fully saturated rings. The highest BCUT2D eigenvalue weighted by Crippen LogP contribution is 2.30. The molecule has 0 heterocycles. The molecule has 1 aromatic carbocycles. The van der Waals surface area contributed by atoms with Gasteiger partial charge in [-0.1, -0.05) is 19.1 Å². The van der Waals surface area contributed by atoms with E-state index in [0.717, 1.165) is 17.7 Å². The van der Waals surface area contributed by atoms with E-state index in [-0.39, 0.29) is 18.5 Å². The van der Waals surface area contributed by atoms with Crippen molar-refractivity contribution in [1.82, 2.24) is 4.90 Å². The van der Waals surface area contributed by atoms with Crippen LogP contribution in [0.15, 0.2) is 24.3 Å². The maximum Gasteiger partial charge on any atom is 0.416 e. The molecule has 0 amide bonds. The Bertz CT molecular complexity index is 469. The minimum absolute atomic E-state index is 0.0472. The fourth-order valence-corrected chi connectivity index (χ4v) is 2.09. The Labute approximate surface area is 122 Å². The van der Waals surface area contributed by atoms with E-state index in [9.17, 15) is 18.0 Å². The molecule has 0 saturated carbocycles. The summed E-state index contributed by atoms with van der Waals surface area (Å²) in [6.45, 7) is 6.06. The van der Waals surface area contributed by atoms with Crippen LogP contribution in [0, 0.1) is 0 Å². The summed E-state index contributed by atoms with van der Waals surface area (Å²) in [5.41, 5.74) is 0.0868. The summed E-state index contributed by atoms with van der Waals surface area (Å²) in [5, 5.41) is 8.88. The largest absolute Gasteiger partial charge is 0.480 e. The predicted octanol–water partition coefficient (Wildman–Crippen LogP) is 3.60. The van der Waals surface area contributed by atoms with Crippen LogP contribution >= 0.6 is 0 Å². The number of hydrogen-bond donors (Lipinski definition) is 1. The van der Waals surface area contributed by atoms with Crippen LogP contribution in [0.1, 0.15) is 37.8 Å². The zero-order valence-corrected chi connectivity index (χ0v) is 12.3. The third-order valence-corrected chi connectivity index (χ3v) is 3.38. The van der Waals surface area contributed by atoms with Gasteiger partial charge in [0.1, 0.15) is 0 Å². The van der Waals surface area contributed by atoms with Crippen molar-refractivity contribution in [1.29, 1.82) is 0 Å². The Morgan fingerprint density at radius 3 is 2.10 bits per heavy atom. The van der Waals surface area contributed by atoms with Gasteiger partial charge in [0.2, 0.25) is 0 Å². The maximum atomic E-state index is 12.5. The first-order valence-electron chi connectivity index (χ1n) is 6.74. The number of nitrogens with zero attached hydrogens (tertiary/aromatic N) is 1. The Morgan fingerprint density at radius 1 is 1.19 bits per heavy atom. The second-order valence-electron chi connectivity index (χ2n) is 5.44. The molecule has 21 heavy (non-hydrogen) atoms. The number of hydrogen-bond acceptors (Lipinski definition) is 2. The van der Waals surface area contributed by atoms with E-state index in [1.165, 1.54) is 12.1 Å². The third kappa shape index (κ3) is 5.38. The van der Waals surface area contributed by atoms with Gasteiger partial charge in [0.15, 0.2) is 0 Å². The van der Waals surface area contributed by atoms with E-state index >= 15 is 0 Å². The van der Waals surface area contributed by atoms with Gasteiger partial charge in [0, 0.05) is 12.6 Å². The molecule has 0 aliphatic heterocycles. The lowest BCUT2D eigenvalue weighted by molar-refractivity contribution is -0.139. The van der Waals surface area contributed by atoms with Gasteiger partial charge in [-0.15, -0.1) is 0 Å². The molecule has 0 spiro atoms. The van der Waals surface area contributed by atoms with E-state index in [4.69, 9.17) is 5.11 Å². The molecule has 0 aliphatic rings. The average molecular weight is 303 g/mol. The van der Waals surface area contributed by atoms with E-state index in [0.29, 0.717) is 6.54 Å². The first-order chi connectivity index (χ1) is 9.61. The molecule has 0 bridgehead atoms. The molecule has 1 rings (SSSR count). The van der Waals surface area contributed by atoms with E-state index in [1.807, 2.05) is 20.8 Å². The molecule has 118 valence electrons. The molecule has 0 saturated heterocycles. The molecule has 6 heteroatoms. The molecular formula is C15H20F3NO2. The molecule has 1 aromatic rings. The SMILES string of the molecule is CC(CN(CC(=O)O)C(C)C)c1ccc(C(F)(F)F)cc1. The third-order valence-electron chi connectivity index (χ3n) is 3.38. The van der Waals surface area contributed by atoms with Crippen LogP contribution in [0.2, 0.25) is 0 Å². The number of carboxylic acids is 1. The van der Waals surface area contributed by atoms with Crippen LogP contribution in [-0.2, 0) is 11.0 Å². The van der Waals surface area contributed by atoms with Crippen molar-refractivity contribution >= 4 is 5.97 Å². The van der Waals surface area contributed by atoms with E-state index < -0.39 is 17.7 Å². The first-order valence-corrected chi connectivity index (χ1v) is 6.74. The monoisotopic (exact) mass is 303 g/mol. The summed E-state index contributed by atoms with van der Waals surface area (Å²) in [6.07, 6.45) is -4.34. The molecular weight excluding hydrogens is 283 g/mol. The number of aliphatic carboxylic acids is 1. The number of benzene rings is 1. The van der Waals surface area contributed by atoms with Gasteiger partial charge in [0.05, 0.1) is 12.1 Å². The maximum absolute atomic E-state index is 12.5. The van der Waals surface area contributed by atoms with Crippen molar-refractivity contribution in [2.75, 3.05) is 13.1 Å². The van der Waals surface area contributed by atoms with Gasteiger partial charge in [-0.25, -0.2) is 0 Å². The Kier molecular flexibility index (Phi) is 5.78.